The summed E-state index contributed by atoms with van der Waals surface area (Å²) in [6.07, 6.45) is 13.6. The second-order valence-corrected chi connectivity index (χ2v) is 5.14. The van der Waals surface area contributed by atoms with Crippen LogP contribution in [-0.2, 0) is 4.74 Å². The van der Waals surface area contributed by atoms with Crippen molar-refractivity contribution in [2.45, 2.75) is 69.5 Å². The highest BCUT2D eigenvalue weighted by Crippen LogP contribution is 2.55. The molecule has 2 unspecified atom stereocenters. The fourth-order valence-electron chi connectivity index (χ4n) is 3.64. The third-order valence-corrected chi connectivity index (χ3v) is 4.43. The highest BCUT2D eigenvalue weighted by Gasteiger charge is 2.60. The molecule has 0 aromatic rings. The number of fused-ring (bicyclic) bond motifs is 1. The van der Waals surface area contributed by atoms with Gasteiger partial charge in [0.15, 0.2) is 0 Å². The van der Waals surface area contributed by atoms with E-state index in [4.69, 9.17) is 4.74 Å². The SMILES string of the molecule is C1CCC(C23CCCCC2O3)CC1. The molecule has 13 heavy (non-hydrogen) atoms. The predicted molar refractivity (Wildman–Crippen MR) is 52.6 cm³/mol. The van der Waals surface area contributed by atoms with E-state index < -0.39 is 0 Å². The molecular formula is C12H20O. The van der Waals surface area contributed by atoms with Gasteiger partial charge in [-0.25, -0.2) is 0 Å². The van der Waals surface area contributed by atoms with Gasteiger partial charge in [-0.1, -0.05) is 32.1 Å². The second kappa shape index (κ2) is 2.98. The Morgan fingerprint density at radius 3 is 2.38 bits per heavy atom. The Bertz CT molecular complexity index is 195. The molecule has 3 fully saturated rings. The van der Waals surface area contributed by atoms with Crippen molar-refractivity contribution >= 4 is 0 Å². The van der Waals surface area contributed by atoms with Crippen LogP contribution in [0.3, 0.4) is 0 Å². The van der Waals surface area contributed by atoms with Gasteiger partial charge in [-0.2, -0.15) is 0 Å². The van der Waals surface area contributed by atoms with Crippen LogP contribution in [0.5, 0.6) is 0 Å². The smallest absolute Gasteiger partial charge is 0.0976 e. The average Bonchev–Trinajstić information content (AvgIpc) is 2.94. The van der Waals surface area contributed by atoms with Crippen LogP contribution >= 0.6 is 0 Å². The molecule has 0 radical (unpaired) electrons. The Balaban J connectivity index is 1.69. The Hall–Kier alpha value is -0.0400. The summed E-state index contributed by atoms with van der Waals surface area (Å²) in [4.78, 5) is 0. The fraction of sp³-hybridized carbons (Fsp3) is 1.00. The average molecular weight is 180 g/mol. The molecule has 0 amide bonds. The number of epoxide rings is 1. The van der Waals surface area contributed by atoms with Gasteiger partial charge in [-0.05, 0) is 31.6 Å². The molecule has 1 heteroatoms. The third kappa shape index (κ3) is 1.24. The first kappa shape index (κ1) is 8.28. The largest absolute Gasteiger partial charge is 0.366 e. The van der Waals surface area contributed by atoms with E-state index in [1.165, 1.54) is 57.8 Å². The van der Waals surface area contributed by atoms with Crippen LogP contribution in [0.25, 0.3) is 0 Å². The van der Waals surface area contributed by atoms with Crippen molar-refractivity contribution in [3.05, 3.63) is 0 Å². The maximum atomic E-state index is 6.00. The number of hydrogen-bond acceptors (Lipinski definition) is 1. The molecule has 0 aromatic heterocycles. The summed E-state index contributed by atoms with van der Waals surface area (Å²) in [5.74, 6) is 0.937. The molecule has 0 spiro atoms. The van der Waals surface area contributed by atoms with Crippen molar-refractivity contribution in [1.29, 1.82) is 0 Å². The Morgan fingerprint density at radius 2 is 1.62 bits per heavy atom. The first-order valence-corrected chi connectivity index (χ1v) is 6.10. The van der Waals surface area contributed by atoms with Gasteiger partial charge in [-0.15, -0.1) is 0 Å². The fourth-order valence-corrected chi connectivity index (χ4v) is 3.64. The van der Waals surface area contributed by atoms with Gasteiger partial charge >= 0.3 is 0 Å². The summed E-state index contributed by atoms with van der Waals surface area (Å²) in [5.41, 5.74) is 0.415. The highest BCUT2D eigenvalue weighted by atomic mass is 16.6. The minimum atomic E-state index is 0.415. The Kier molecular flexibility index (Phi) is 1.90. The van der Waals surface area contributed by atoms with E-state index in [9.17, 15) is 0 Å². The van der Waals surface area contributed by atoms with Crippen molar-refractivity contribution in [1.82, 2.24) is 0 Å². The molecule has 1 heterocycles. The Morgan fingerprint density at radius 1 is 0.846 bits per heavy atom. The van der Waals surface area contributed by atoms with Crippen molar-refractivity contribution in [3.8, 4) is 0 Å². The van der Waals surface area contributed by atoms with Crippen molar-refractivity contribution in [2.75, 3.05) is 0 Å². The van der Waals surface area contributed by atoms with Crippen molar-refractivity contribution in [3.63, 3.8) is 0 Å². The molecule has 2 atom stereocenters. The van der Waals surface area contributed by atoms with Crippen LogP contribution < -0.4 is 0 Å². The van der Waals surface area contributed by atoms with Crippen LogP contribution in [0.4, 0.5) is 0 Å². The maximum Gasteiger partial charge on any atom is 0.0976 e. The Labute approximate surface area is 80.8 Å². The first-order valence-electron chi connectivity index (χ1n) is 6.10. The molecule has 1 saturated heterocycles. The number of ether oxygens (including phenoxy) is 1. The molecular weight excluding hydrogens is 160 g/mol. The van der Waals surface area contributed by atoms with E-state index in [2.05, 4.69) is 0 Å². The van der Waals surface area contributed by atoms with Crippen LogP contribution in [0.2, 0.25) is 0 Å². The van der Waals surface area contributed by atoms with Gasteiger partial charge in [0.1, 0.15) is 0 Å². The van der Waals surface area contributed by atoms with E-state index >= 15 is 0 Å². The first-order chi connectivity index (χ1) is 6.42. The van der Waals surface area contributed by atoms with Crippen LogP contribution in [0.15, 0.2) is 0 Å². The van der Waals surface area contributed by atoms with Crippen LogP contribution in [0.1, 0.15) is 57.8 Å². The normalized spacial score (nSPS) is 45.7. The molecule has 3 aliphatic rings. The summed E-state index contributed by atoms with van der Waals surface area (Å²) in [5, 5.41) is 0. The van der Waals surface area contributed by atoms with Gasteiger partial charge in [0.25, 0.3) is 0 Å². The van der Waals surface area contributed by atoms with Crippen molar-refractivity contribution in [2.24, 2.45) is 5.92 Å². The number of hydrogen-bond donors (Lipinski definition) is 0. The molecule has 2 saturated carbocycles. The van der Waals surface area contributed by atoms with E-state index in [1.807, 2.05) is 0 Å². The molecule has 2 aliphatic carbocycles. The third-order valence-electron chi connectivity index (χ3n) is 4.43. The zero-order chi connectivity index (χ0) is 8.73. The standard InChI is InChI=1S/C12H20O/c1-2-6-10(7-3-1)12-9-5-4-8-11(12)13-12/h10-11H,1-9H2. The maximum absolute atomic E-state index is 6.00. The summed E-state index contributed by atoms with van der Waals surface area (Å²) >= 11 is 0. The number of rotatable bonds is 1. The van der Waals surface area contributed by atoms with Crippen LogP contribution in [0, 0.1) is 5.92 Å². The summed E-state index contributed by atoms with van der Waals surface area (Å²) in [6.45, 7) is 0. The lowest BCUT2D eigenvalue weighted by molar-refractivity contribution is 0.162. The summed E-state index contributed by atoms with van der Waals surface area (Å²) < 4.78 is 6.00. The monoisotopic (exact) mass is 180 g/mol. The van der Waals surface area contributed by atoms with Gasteiger partial charge in [0.05, 0.1) is 11.7 Å². The highest BCUT2D eigenvalue weighted by molar-refractivity contribution is 5.09. The molecule has 1 aliphatic heterocycles. The molecule has 3 rings (SSSR count). The minimum Gasteiger partial charge on any atom is -0.366 e. The quantitative estimate of drug-likeness (QED) is 0.564. The van der Waals surface area contributed by atoms with Crippen molar-refractivity contribution < 1.29 is 4.74 Å². The van der Waals surface area contributed by atoms with Gasteiger partial charge in [0.2, 0.25) is 0 Å². The van der Waals surface area contributed by atoms with Gasteiger partial charge in [-0.3, -0.25) is 0 Å². The van der Waals surface area contributed by atoms with E-state index in [1.54, 1.807) is 0 Å². The predicted octanol–water partition coefficient (Wildman–Crippen LogP) is 3.28. The lowest BCUT2D eigenvalue weighted by atomic mass is 9.73. The topological polar surface area (TPSA) is 12.5 Å². The molecule has 0 N–H and O–H groups in total. The van der Waals surface area contributed by atoms with E-state index in [0.717, 1.165) is 5.92 Å². The molecule has 1 nitrogen and oxygen atoms in total. The molecule has 0 aromatic carbocycles. The lowest BCUT2D eigenvalue weighted by Crippen LogP contribution is -2.31. The summed E-state index contributed by atoms with van der Waals surface area (Å²) in [7, 11) is 0. The van der Waals surface area contributed by atoms with E-state index in [-0.39, 0.29) is 0 Å². The summed E-state index contributed by atoms with van der Waals surface area (Å²) in [6, 6.07) is 0. The van der Waals surface area contributed by atoms with E-state index in [0.29, 0.717) is 11.7 Å². The van der Waals surface area contributed by atoms with Gasteiger partial charge < -0.3 is 4.74 Å². The minimum absolute atomic E-state index is 0.415. The zero-order valence-electron chi connectivity index (χ0n) is 8.43. The lowest BCUT2D eigenvalue weighted by Gasteiger charge is -2.30. The molecule has 74 valence electrons. The zero-order valence-corrected chi connectivity index (χ0v) is 8.43. The van der Waals surface area contributed by atoms with Crippen LogP contribution in [-0.4, -0.2) is 11.7 Å². The second-order valence-electron chi connectivity index (χ2n) is 5.14. The van der Waals surface area contributed by atoms with Gasteiger partial charge in [0, 0.05) is 0 Å². The molecule has 0 bridgehead atoms.